The van der Waals surface area contributed by atoms with Gasteiger partial charge in [0.2, 0.25) is 0 Å². The zero-order valence-corrected chi connectivity index (χ0v) is 11.2. The molecule has 1 rings (SSSR count). The van der Waals surface area contributed by atoms with Crippen molar-refractivity contribution >= 4 is 5.91 Å². The summed E-state index contributed by atoms with van der Waals surface area (Å²) in [6.07, 6.45) is 0. The summed E-state index contributed by atoms with van der Waals surface area (Å²) in [5.74, 6) is 5.17. The molecule has 0 saturated heterocycles. The van der Waals surface area contributed by atoms with E-state index in [0.717, 1.165) is 5.56 Å². The summed E-state index contributed by atoms with van der Waals surface area (Å²) in [6.45, 7) is 1.82. The minimum atomic E-state index is -0.380. The highest BCUT2D eigenvalue weighted by Gasteiger charge is 2.17. The Bertz CT molecular complexity index is 625. The van der Waals surface area contributed by atoms with E-state index in [1.54, 1.807) is 18.2 Å². The molecule has 20 heavy (non-hydrogen) atoms. The van der Waals surface area contributed by atoms with Gasteiger partial charge < -0.3 is 10.6 Å². The average Bonchev–Trinajstić information content (AvgIpc) is 2.44. The Morgan fingerprint density at radius 2 is 1.95 bits per heavy atom. The zero-order valence-electron chi connectivity index (χ0n) is 11.2. The van der Waals surface area contributed by atoms with Crippen LogP contribution in [-0.2, 0) is 0 Å². The van der Waals surface area contributed by atoms with Crippen LogP contribution in [0.5, 0.6) is 0 Å². The topological polar surface area (TPSA) is 93.9 Å². The molecule has 0 aliphatic carbocycles. The third kappa shape index (κ3) is 3.85. The van der Waals surface area contributed by atoms with Gasteiger partial charge in [0.1, 0.15) is 13.1 Å². The van der Waals surface area contributed by atoms with Crippen LogP contribution >= 0.6 is 0 Å². The van der Waals surface area contributed by atoms with Crippen LogP contribution in [0.25, 0.3) is 0 Å². The maximum atomic E-state index is 12.3. The van der Waals surface area contributed by atoms with Gasteiger partial charge in [0.25, 0.3) is 5.91 Å². The highest BCUT2D eigenvalue weighted by atomic mass is 16.2. The first-order valence-corrected chi connectivity index (χ1v) is 5.96. The van der Waals surface area contributed by atoms with Crippen molar-refractivity contribution in [3.05, 3.63) is 34.9 Å². The first-order valence-electron chi connectivity index (χ1n) is 5.96. The van der Waals surface area contributed by atoms with Crippen molar-refractivity contribution in [2.45, 2.75) is 6.92 Å². The van der Waals surface area contributed by atoms with E-state index < -0.39 is 0 Å². The van der Waals surface area contributed by atoms with E-state index in [1.165, 1.54) is 4.90 Å². The van der Waals surface area contributed by atoms with E-state index in [9.17, 15) is 4.79 Å². The maximum Gasteiger partial charge on any atom is 0.256 e. The number of hydrogen-bond acceptors (Lipinski definition) is 4. The third-order valence-corrected chi connectivity index (χ3v) is 2.54. The number of carbonyl (C=O) groups is 1. The molecule has 0 bridgehead atoms. The number of hydrogen-bond donors (Lipinski definition) is 1. The molecule has 0 fully saturated rings. The van der Waals surface area contributed by atoms with Gasteiger partial charge in [-0.25, -0.2) is 0 Å². The van der Waals surface area contributed by atoms with Gasteiger partial charge in [0.15, 0.2) is 0 Å². The number of carbonyl (C=O) groups excluding carboxylic acids is 1. The molecule has 0 atom stereocenters. The molecule has 0 radical (unpaired) electrons. The maximum absolute atomic E-state index is 12.3. The SMILES string of the molecule is Cc1ccc(C(=O)N(CC#N)CC#N)c(C#CCN)c1. The van der Waals surface area contributed by atoms with Gasteiger partial charge in [-0.2, -0.15) is 10.5 Å². The van der Waals surface area contributed by atoms with Crippen LogP contribution in [0.1, 0.15) is 21.5 Å². The van der Waals surface area contributed by atoms with Crippen molar-refractivity contribution in [3.8, 4) is 24.0 Å². The second-order valence-corrected chi connectivity index (χ2v) is 4.03. The summed E-state index contributed by atoms with van der Waals surface area (Å²) >= 11 is 0. The molecule has 1 aromatic rings. The van der Waals surface area contributed by atoms with Crippen molar-refractivity contribution in [1.82, 2.24) is 4.90 Å². The summed E-state index contributed by atoms with van der Waals surface area (Å²) < 4.78 is 0. The Hall–Kier alpha value is -2.81. The van der Waals surface area contributed by atoms with Crippen LogP contribution in [0.3, 0.4) is 0 Å². The summed E-state index contributed by atoms with van der Waals surface area (Å²) in [5, 5.41) is 17.4. The van der Waals surface area contributed by atoms with Crippen molar-refractivity contribution < 1.29 is 4.79 Å². The molecule has 5 nitrogen and oxygen atoms in total. The van der Waals surface area contributed by atoms with Crippen molar-refractivity contribution in [2.24, 2.45) is 5.73 Å². The van der Waals surface area contributed by atoms with Gasteiger partial charge in [0.05, 0.1) is 24.2 Å². The van der Waals surface area contributed by atoms with Crippen LogP contribution in [-0.4, -0.2) is 30.4 Å². The number of nitriles is 2. The molecule has 1 amide bonds. The normalized spacial score (nSPS) is 8.80. The Morgan fingerprint density at radius 1 is 1.30 bits per heavy atom. The summed E-state index contributed by atoms with van der Waals surface area (Å²) in [4.78, 5) is 13.5. The van der Waals surface area contributed by atoms with Gasteiger partial charge in [-0.3, -0.25) is 4.79 Å². The van der Waals surface area contributed by atoms with Crippen LogP contribution in [0.4, 0.5) is 0 Å². The molecule has 0 aliphatic rings. The third-order valence-electron chi connectivity index (χ3n) is 2.54. The first-order chi connectivity index (χ1) is 9.63. The second kappa shape index (κ2) is 7.59. The Morgan fingerprint density at radius 3 is 2.50 bits per heavy atom. The van der Waals surface area contributed by atoms with E-state index in [2.05, 4.69) is 11.8 Å². The minimum Gasteiger partial charge on any atom is -0.320 e. The van der Waals surface area contributed by atoms with Crippen LogP contribution in [0.15, 0.2) is 18.2 Å². The standard InChI is InChI=1S/C15H14N4O/c1-12-4-5-14(13(11-12)3-2-6-16)15(20)19(9-7-17)10-8-18/h4-5,11H,6,9-10,16H2,1H3. The molecular weight excluding hydrogens is 252 g/mol. The molecule has 0 aromatic heterocycles. The number of benzene rings is 1. The molecule has 5 heteroatoms. The highest BCUT2D eigenvalue weighted by Crippen LogP contribution is 2.13. The highest BCUT2D eigenvalue weighted by molar-refractivity contribution is 5.97. The van der Waals surface area contributed by atoms with Gasteiger partial charge in [-0.05, 0) is 24.6 Å². The number of nitrogens with zero attached hydrogens (tertiary/aromatic N) is 3. The fraction of sp³-hybridized carbons (Fsp3) is 0.267. The molecule has 0 spiro atoms. The summed E-state index contributed by atoms with van der Waals surface area (Å²) in [5.41, 5.74) is 7.24. The van der Waals surface area contributed by atoms with E-state index >= 15 is 0 Å². The van der Waals surface area contributed by atoms with Gasteiger partial charge in [-0.15, -0.1) is 0 Å². The molecule has 2 N–H and O–H groups in total. The van der Waals surface area contributed by atoms with Crippen molar-refractivity contribution in [1.29, 1.82) is 10.5 Å². The fourth-order valence-corrected chi connectivity index (χ4v) is 1.63. The number of aryl methyl sites for hydroxylation is 1. The van der Waals surface area contributed by atoms with Gasteiger partial charge in [0, 0.05) is 5.56 Å². The number of nitrogens with two attached hydrogens (primary N) is 1. The number of rotatable bonds is 3. The van der Waals surface area contributed by atoms with Crippen LogP contribution < -0.4 is 5.73 Å². The van der Waals surface area contributed by atoms with Crippen LogP contribution in [0.2, 0.25) is 0 Å². The fourth-order valence-electron chi connectivity index (χ4n) is 1.63. The quantitative estimate of drug-likeness (QED) is 0.646. The first kappa shape index (κ1) is 15.2. The predicted molar refractivity (Wildman–Crippen MR) is 74.2 cm³/mol. The van der Waals surface area contributed by atoms with E-state index in [0.29, 0.717) is 11.1 Å². The zero-order chi connectivity index (χ0) is 15.0. The summed E-state index contributed by atoms with van der Waals surface area (Å²) in [7, 11) is 0. The van der Waals surface area contributed by atoms with E-state index in [1.807, 2.05) is 19.1 Å². The lowest BCUT2D eigenvalue weighted by Gasteiger charge is -2.17. The predicted octanol–water partition coefficient (Wildman–Crippen LogP) is 0.795. The lowest BCUT2D eigenvalue weighted by molar-refractivity contribution is 0.0794. The smallest absolute Gasteiger partial charge is 0.256 e. The lowest BCUT2D eigenvalue weighted by atomic mass is 10.0. The molecular formula is C15H14N4O. The number of amides is 1. The molecule has 0 aliphatic heterocycles. The Labute approximate surface area is 118 Å². The van der Waals surface area contributed by atoms with Crippen LogP contribution in [0, 0.1) is 41.4 Å². The van der Waals surface area contributed by atoms with Crippen molar-refractivity contribution in [2.75, 3.05) is 19.6 Å². The van der Waals surface area contributed by atoms with Gasteiger partial charge >= 0.3 is 0 Å². The largest absolute Gasteiger partial charge is 0.320 e. The monoisotopic (exact) mass is 266 g/mol. The molecule has 100 valence electrons. The average molecular weight is 266 g/mol. The minimum absolute atomic E-state index is 0.135. The van der Waals surface area contributed by atoms with E-state index in [4.69, 9.17) is 16.3 Å². The molecule has 0 heterocycles. The second-order valence-electron chi connectivity index (χ2n) is 4.03. The van der Waals surface area contributed by atoms with Crippen molar-refractivity contribution in [3.63, 3.8) is 0 Å². The lowest BCUT2D eigenvalue weighted by Crippen LogP contribution is -2.32. The molecule has 0 saturated carbocycles. The van der Waals surface area contributed by atoms with Gasteiger partial charge in [-0.1, -0.05) is 17.9 Å². The van der Waals surface area contributed by atoms with E-state index in [-0.39, 0.29) is 25.5 Å². The molecule has 0 unspecified atom stereocenters. The molecule has 1 aromatic carbocycles. The Kier molecular flexibility index (Phi) is 5.78. The Balaban J connectivity index is 3.21. The summed E-state index contributed by atoms with van der Waals surface area (Å²) in [6, 6.07) is 8.98.